The maximum absolute atomic E-state index is 12.9. The van der Waals surface area contributed by atoms with Crippen LogP contribution >= 0.6 is 0 Å². The van der Waals surface area contributed by atoms with E-state index in [1.807, 2.05) is 0 Å². The van der Waals surface area contributed by atoms with Crippen LogP contribution in [-0.4, -0.2) is 43.9 Å². The Labute approximate surface area is 220 Å². The Morgan fingerprint density at radius 2 is 1.33 bits per heavy atom. The summed E-state index contributed by atoms with van der Waals surface area (Å²) in [6.45, 7) is -0.343. The first-order valence-electron chi connectivity index (χ1n) is 11.3. The molecule has 3 rings (SSSR count). The SMILES string of the molecule is Nc1cc(N)cc(C(=O)OCCOC(=O)/C=C/c2ccc(OC(=O)c3ccc(OC(F)C(F)F)cc3)cc2)c1. The molecule has 4 N–H and O–H groups in total. The van der Waals surface area contributed by atoms with Crippen LogP contribution < -0.4 is 20.9 Å². The Kier molecular flexibility index (Phi) is 9.90. The summed E-state index contributed by atoms with van der Waals surface area (Å²) in [6, 6.07) is 15.3. The Bertz CT molecular complexity index is 1310. The number of hydrogen-bond acceptors (Lipinski definition) is 9. The van der Waals surface area contributed by atoms with Crippen molar-refractivity contribution in [3.05, 3.63) is 89.5 Å². The minimum absolute atomic E-state index is 0.0873. The standard InChI is InChI=1S/C27H23F3N2O7/c28-24(29)25(30)38-21-8-4-17(5-9-21)27(35)39-22-6-1-16(2-7-22)3-10-23(33)36-11-12-37-26(34)18-13-19(31)15-20(32)14-18/h1-10,13-15,24-25H,11-12,31-32H2/b10-3+. The first-order chi connectivity index (χ1) is 18.6. The molecule has 1 atom stereocenters. The van der Waals surface area contributed by atoms with E-state index in [1.165, 1.54) is 66.7 Å². The van der Waals surface area contributed by atoms with Crippen molar-refractivity contribution in [2.24, 2.45) is 0 Å². The van der Waals surface area contributed by atoms with Gasteiger partial charge in [-0.3, -0.25) is 0 Å². The van der Waals surface area contributed by atoms with Crippen molar-refractivity contribution in [1.82, 2.24) is 0 Å². The van der Waals surface area contributed by atoms with E-state index < -0.39 is 30.7 Å². The van der Waals surface area contributed by atoms with E-state index in [4.69, 9.17) is 25.7 Å². The molecular formula is C27H23F3N2O7. The number of carbonyl (C=O) groups is 3. The Morgan fingerprint density at radius 1 is 0.744 bits per heavy atom. The van der Waals surface area contributed by atoms with Crippen LogP contribution in [0.1, 0.15) is 26.3 Å². The summed E-state index contributed by atoms with van der Waals surface area (Å²) in [6.07, 6.45) is -3.44. The van der Waals surface area contributed by atoms with E-state index in [0.29, 0.717) is 16.9 Å². The predicted molar refractivity (Wildman–Crippen MR) is 135 cm³/mol. The van der Waals surface area contributed by atoms with Crippen molar-refractivity contribution in [3.63, 3.8) is 0 Å². The van der Waals surface area contributed by atoms with Gasteiger partial charge in [0.25, 0.3) is 6.36 Å². The smallest absolute Gasteiger partial charge is 0.343 e. The summed E-state index contributed by atoms with van der Waals surface area (Å²) in [4.78, 5) is 36.1. The van der Waals surface area contributed by atoms with E-state index >= 15 is 0 Å². The number of benzene rings is 3. The van der Waals surface area contributed by atoms with Crippen molar-refractivity contribution in [2.45, 2.75) is 12.8 Å². The van der Waals surface area contributed by atoms with Crippen LogP contribution in [0.15, 0.2) is 72.8 Å². The summed E-state index contributed by atoms with van der Waals surface area (Å²) in [5.74, 6) is -2.04. The van der Waals surface area contributed by atoms with Gasteiger partial charge < -0.3 is 30.4 Å². The number of esters is 3. The zero-order valence-electron chi connectivity index (χ0n) is 20.2. The fourth-order valence-corrected chi connectivity index (χ4v) is 3.03. The lowest BCUT2D eigenvalue weighted by Gasteiger charge is -2.10. The van der Waals surface area contributed by atoms with Gasteiger partial charge in [-0.1, -0.05) is 12.1 Å². The Morgan fingerprint density at radius 3 is 1.95 bits per heavy atom. The van der Waals surface area contributed by atoms with Crippen molar-refractivity contribution in [1.29, 1.82) is 0 Å². The number of nitrogen functional groups attached to an aromatic ring is 2. The second kappa shape index (κ2) is 13.5. The number of halogens is 3. The molecule has 3 aromatic carbocycles. The van der Waals surface area contributed by atoms with Crippen molar-refractivity contribution in [2.75, 3.05) is 24.7 Å². The molecule has 0 aromatic heterocycles. The van der Waals surface area contributed by atoms with Crippen molar-refractivity contribution < 1.29 is 46.5 Å². The second-order valence-corrected chi connectivity index (χ2v) is 7.81. The quantitative estimate of drug-likeness (QED) is 0.118. The summed E-state index contributed by atoms with van der Waals surface area (Å²) >= 11 is 0. The fraction of sp³-hybridized carbons (Fsp3) is 0.148. The number of alkyl halides is 3. The zero-order valence-corrected chi connectivity index (χ0v) is 20.2. The zero-order chi connectivity index (χ0) is 28.4. The molecule has 0 bridgehead atoms. The molecule has 0 aliphatic rings. The van der Waals surface area contributed by atoms with Gasteiger partial charge in [0.05, 0.1) is 11.1 Å². The average molecular weight is 544 g/mol. The molecule has 0 aliphatic carbocycles. The highest BCUT2D eigenvalue weighted by molar-refractivity contribution is 5.92. The molecule has 204 valence electrons. The lowest BCUT2D eigenvalue weighted by atomic mass is 10.2. The minimum Gasteiger partial charge on any atom is -0.459 e. The lowest BCUT2D eigenvalue weighted by Crippen LogP contribution is -2.19. The minimum atomic E-state index is -3.29. The molecule has 12 heteroatoms. The third kappa shape index (κ3) is 9.11. The lowest BCUT2D eigenvalue weighted by molar-refractivity contribution is -0.138. The van der Waals surface area contributed by atoms with Gasteiger partial charge in [0, 0.05) is 17.5 Å². The molecule has 1 unspecified atom stereocenters. The number of rotatable bonds is 11. The monoisotopic (exact) mass is 544 g/mol. The van der Waals surface area contributed by atoms with Gasteiger partial charge in [-0.15, -0.1) is 0 Å². The van der Waals surface area contributed by atoms with Gasteiger partial charge >= 0.3 is 24.3 Å². The molecule has 3 aromatic rings. The van der Waals surface area contributed by atoms with Crippen LogP contribution in [0.3, 0.4) is 0 Å². The number of carbonyl (C=O) groups excluding carboxylic acids is 3. The van der Waals surface area contributed by atoms with Crippen LogP contribution in [0.4, 0.5) is 24.5 Å². The molecule has 0 spiro atoms. The summed E-state index contributed by atoms with van der Waals surface area (Å²) in [5, 5.41) is 0. The Hall–Kier alpha value is -5.00. The fourth-order valence-electron chi connectivity index (χ4n) is 3.03. The maximum atomic E-state index is 12.9. The first kappa shape index (κ1) is 28.6. The van der Waals surface area contributed by atoms with Gasteiger partial charge in [0.1, 0.15) is 24.7 Å². The van der Waals surface area contributed by atoms with Crippen LogP contribution in [0.25, 0.3) is 6.08 Å². The molecule has 0 radical (unpaired) electrons. The van der Waals surface area contributed by atoms with Gasteiger partial charge in [0.15, 0.2) is 0 Å². The van der Waals surface area contributed by atoms with Gasteiger partial charge in [-0.2, -0.15) is 4.39 Å². The van der Waals surface area contributed by atoms with E-state index in [-0.39, 0.29) is 35.8 Å². The molecule has 0 heterocycles. The summed E-state index contributed by atoms with van der Waals surface area (Å²) < 4.78 is 57.0. The molecule has 39 heavy (non-hydrogen) atoms. The van der Waals surface area contributed by atoms with E-state index in [0.717, 1.165) is 0 Å². The third-order valence-corrected chi connectivity index (χ3v) is 4.81. The highest BCUT2D eigenvalue weighted by Crippen LogP contribution is 2.20. The molecule has 0 amide bonds. The predicted octanol–water partition coefficient (Wildman–Crippen LogP) is 4.42. The van der Waals surface area contributed by atoms with Gasteiger partial charge in [-0.05, 0) is 66.2 Å². The first-order valence-corrected chi connectivity index (χ1v) is 11.3. The topological polar surface area (TPSA) is 140 Å². The number of nitrogens with two attached hydrogens (primary N) is 2. The van der Waals surface area contributed by atoms with E-state index in [2.05, 4.69) is 4.74 Å². The molecule has 0 saturated heterocycles. The van der Waals surface area contributed by atoms with Crippen LogP contribution in [0.5, 0.6) is 11.5 Å². The summed E-state index contributed by atoms with van der Waals surface area (Å²) in [5.41, 5.74) is 12.8. The highest BCUT2D eigenvalue weighted by Gasteiger charge is 2.21. The molecule has 0 aliphatic heterocycles. The van der Waals surface area contributed by atoms with Crippen LogP contribution in [0.2, 0.25) is 0 Å². The number of hydrogen-bond donors (Lipinski definition) is 2. The number of ether oxygens (including phenoxy) is 4. The molecular weight excluding hydrogens is 521 g/mol. The molecule has 0 saturated carbocycles. The second-order valence-electron chi connectivity index (χ2n) is 7.81. The van der Waals surface area contributed by atoms with Gasteiger partial charge in [-0.25, -0.2) is 23.2 Å². The summed E-state index contributed by atoms with van der Waals surface area (Å²) in [7, 11) is 0. The van der Waals surface area contributed by atoms with Crippen molar-refractivity contribution >= 4 is 35.4 Å². The van der Waals surface area contributed by atoms with Crippen molar-refractivity contribution in [3.8, 4) is 11.5 Å². The van der Waals surface area contributed by atoms with E-state index in [9.17, 15) is 27.6 Å². The number of anilines is 2. The highest BCUT2D eigenvalue weighted by atomic mass is 19.3. The Balaban J connectivity index is 1.41. The molecule has 9 nitrogen and oxygen atoms in total. The maximum Gasteiger partial charge on any atom is 0.343 e. The largest absolute Gasteiger partial charge is 0.459 e. The molecule has 0 fully saturated rings. The van der Waals surface area contributed by atoms with Gasteiger partial charge in [0.2, 0.25) is 0 Å². The van der Waals surface area contributed by atoms with E-state index in [1.54, 1.807) is 12.1 Å². The average Bonchev–Trinajstić information content (AvgIpc) is 2.90. The van der Waals surface area contributed by atoms with Crippen LogP contribution in [0, 0.1) is 0 Å². The third-order valence-electron chi connectivity index (χ3n) is 4.81. The normalized spacial score (nSPS) is 11.7. The van der Waals surface area contributed by atoms with Crippen LogP contribution in [-0.2, 0) is 14.3 Å².